The van der Waals surface area contributed by atoms with Crippen LogP contribution in [0.3, 0.4) is 0 Å². The van der Waals surface area contributed by atoms with Crippen LogP contribution in [0, 0.1) is 0 Å². The average molecular weight is 328 g/mol. The van der Waals surface area contributed by atoms with Crippen molar-refractivity contribution < 1.29 is 9.59 Å². The van der Waals surface area contributed by atoms with Gasteiger partial charge in [0.15, 0.2) is 0 Å². The molecular weight excluding hydrogens is 308 g/mol. The lowest BCUT2D eigenvalue weighted by Gasteiger charge is -2.14. The zero-order valence-electron chi connectivity index (χ0n) is 12.9. The normalized spacial score (nSPS) is 15.9. The molecule has 1 aliphatic carbocycles. The highest BCUT2D eigenvalue weighted by molar-refractivity contribution is 7.08. The SMILES string of the molecule is O=C(CCCNC(=O)c1ccsc1)NC1CCc2ccccc21. The number of fused-ring (bicyclic) bond motifs is 1. The lowest BCUT2D eigenvalue weighted by molar-refractivity contribution is -0.121. The van der Waals surface area contributed by atoms with E-state index in [1.165, 1.54) is 22.5 Å². The molecule has 0 fully saturated rings. The quantitative estimate of drug-likeness (QED) is 0.801. The molecule has 120 valence electrons. The number of thiophene rings is 1. The summed E-state index contributed by atoms with van der Waals surface area (Å²) < 4.78 is 0. The molecule has 1 aromatic carbocycles. The largest absolute Gasteiger partial charge is 0.352 e. The molecule has 0 saturated carbocycles. The van der Waals surface area contributed by atoms with Gasteiger partial charge in [-0.2, -0.15) is 11.3 Å². The maximum absolute atomic E-state index is 12.1. The fourth-order valence-electron chi connectivity index (χ4n) is 2.92. The van der Waals surface area contributed by atoms with Gasteiger partial charge in [-0.3, -0.25) is 9.59 Å². The molecule has 2 aromatic rings. The summed E-state index contributed by atoms with van der Waals surface area (Å²) in [6.45, 7) is 0.517. The lowest BCUT2D eigenvalue weighted by Crippen LogP contribution is -2.29. The van der Waals surface area contributed by atoms with Gasteiger partial charge < -0.3 is 10.6 Å². The summed E-state index contributed by atoms with van der Waals surface area (Å²) in [7, 11) is 0. The van der Waals surface area contributed by atoms with Crippen molar-refractivity contribution in [3.63, 3.8) is 0 Å². The molecule has 3 rings (SSSR count). The summed E-state index contributed by atoms with van der Waals surface area (Å²) in [5.74, 6) is -0.0205. The topological polar surface area (TPSA) is 58.2 Å². The van der Waals surface area contributed by atoms with Crippen molar-refractivity contribution in [1.82, 2.24) is 10.6 Å². The molecule has 1 aromatic heterocycles. The van der Waals surface area contributed by atoms with Gasteiger partial charge in [-0.05, 0) is 41.8 Å². The molecule has 0 spiro atoms. The smallest absolute Gasteiger partial charge is 0.252 e. The standard InChI is InChI=1S/C18H20N2O2S/c21-17(6-3-10-19-18(22)14-9-11-23-12-14)20-16-8-7-13-4-1-2-5-15(13)16/h1-2,4-5,9,11-12,16H,3,6-8,10H2,(H,19,22)(H,20,21). The molecule has 1 heterocycles. The summed E-state index contributed by atoms with van der Waals surface area (Å²) in [4.78, 5) is 23.8. The minimum Gasteiger partial charge on any atom is -0.352 e. The Balaban J connectivity index is 1.38. The fraction of sp³-hybridized carbons (Fsp3) is 0.333. The van der Waals surface area contributed by atoms with Crippen LogP contribution in [0.25, 0.3) is 0 Å². The number of carbonyl (C=O) groups is 2. The lowest BCUT2D eigenvalue weighted by atomic mass is 10.1. The molecule has 23 heavy (non-hydrogen) atoms. The van der Waals surface area contributed by atoms with E-state index in [-0.39, 0.29) is 17.9 Å². The molecule has 5 heteroatoms. The second-order valence-electron chi connectivity index (χ2n) is 5.73. The van der Waals surface area contributed by atoms with Crippen LogP contribution in [0.5, 0.6) is 0 Å². The van der Waals surface area contributed by atoms with Gasteiger partial charge in [-0.25, -0.2) is 0 Å². The Bertz CT molecular complexity index is 682. The van der Waals surface area contributed by atoms with Crippen LogP contribution < -0.4 is 10.6 Å². The number of carbonyl (C=O) groups excluding carboxylic acids is 2. The first-order valence-corrected chi connectivity index (χ1v) is 8.86. The van der Waals surface area contributed by atoms with Crippen LogP contribution in [-0.2, 0) is 11.2 Å². The molecular formula is C18H20N2O2S. The van der Waals surface area contributed by atoms with E-state index in [2.05, 4.69) is 22.8 Å². The molecule has 2 amide bonds. The maximum Gasteiger partial charge on any atom is 0.252 e. The van der Waals surface area contributed by atoms with Gasteiger partial charge >= 0.3 is 0 Å². The van der Waals surface area contributed by atoms with Gasteiger partial charge in [0.1, 0.15) is 0 Å². The monoisotopic (exact) mass is 328 g/mol. The zero-order chi connectivity index (χ0) is 16.1. The number of hydrogen-bond acceptors (Lipinski definition) is 3. The van der Waals surface area contributed by atoms with Crippen LogP contribution in [-0.4, -0.2) is 18.4 Å². The van der Waals surface area contributed by atoms with Crippen molar-refractivity contribution >= 4 is 23.2 Å². The number of hydrogen-bond donors (Lipinski definition) is 2. The van der Waals surface area contributed by atoms with Crippen molar-refractivity contribution in [2.75, 3.05) is 6.54 Å². The van der Waals surface area contributed by atoms with Crippen molar-refractivity contribution in [1.29, 1.82) is 0 Å². The van der Waals surface area contributed by atoms with Crippen molar-refractivity contribution in [2.45, 2.75) is 31.7 Å². The Labute approximate surface area is 139 Å². The first-order valence-electron chi connectivity index (χ1n) is 7.91. The Morgan fingerprint density at radius 3 is 2.91 bits per heavy atom. The summed E-state index contributed by atoms with van der Waals surface area (Å²) in [6, 6.07) is 10.2. The maximum atomic E-state index is 12.1. The first-order chi connectivity index (χ1) is 11.2. The third-order valence-corrected chi connectivity index (χ3v) is 4.80. The van der Waals surface area contributed by atoms with Crippen LogP contribution in [0.4, 0.5) is 0 Å². The molecule has 0 radical (unpaired) electrons. The predicted octanol–water partition coefficient (Wildman–Crippen LogP) is 3.06. The number of benzene rings is 1. The van der Waals surface area contributed by atoms with Gasteiger partial charge in [0.25, 0.3) is 5.91 Å². The summed E-state index contributed by atoms with van der Waals surface area (Å²) in [6.07, 6.45) is 3.08. The number of nitrogens with one attached hydrogen (secondary N) is 2. The number of rotatable bonds is 6. The minimum atomic E-state index is -0.0728. The second-order valence-corrected chi connectivity index (χ2v) is 6.51. The first kappa shape index (κ1) is 15.7. The highest BCUT2D eigenvalue weighted by atomic mass is 32.1. The van der Waals surface area contributed by atoms with E-state index in [1.54, 1.807) is 6.07 Å². The summed E-state index contributed by atoms with van der Waals surface area (Å²) >= 11 is 1.50. The highest BCUT2D eigenvalue weighted by Crippen LogP contribution is 2.30. The van der Waals surface area contributed by atoms with E-state index in [0.29, 0.717) is 24.9 Å². The van der Waals surface area contributed by atoms with Gasteiger partial charge in [0, 0.05) is 23.9 Å². The third-order valence-electron chi connectivity index (χ3n) is 4.12. The zero-order valence-corrected chi connectivity index (χ0v) is 13.7. The van der Waals surface area contributed by atoms with E-state index in [9.17, 15) is 9.59 Å². The van der Waals surface area contributed by atoms with Gasteiger partial charge in [-0.1, -0.05) is 24.3 Å². The third kappa shape index (κ3) is 3.99. The molecule has 1 unspecified atom stereocenters. The Morgan fingerprint density at radius 2 is 2.09 bits per heavy atom. The molecule has 1 aliphatic rings. The molecule has 2 N–H and O–H groups in total. The van der Waals surface area contributed by atoms with Crippen molar-refractivity contribution in [2.24, 2.45) is 0 Å². The Morgan fingerprint density at radius 1 is 1.22 bits per heavy atom. The highest BCUT2D eigenvalue weighted by Gasteiger charge is 2.22. The van der Waals surface area contributed by atoms with Crippen LogP contribution >= 0.6 is 11.3 Å². The fourth-order valence-corrected chi connectivity index (χ4v) is 3.56. The molecule has 0 saturated heterocycles. The predicted molar refractivity (Wildman–Crippen MR) is 91.5 cm³/mol. The van der Waals surface area contributed by atoms with E-state index in [1.807, 2.05) is 22.9 Å². The van der Waals surface area contributed by atoms with E-state index in [0.717, 1.165) is 12.8 Å². The number of amides is 2. The van der Waals surface area contributed by atoms with Crippen LogP contribution in [0.15, 0.2) is 41.1 Å². The van der Waals surface area contributed by atoms with Gasteiger partial charge in [-0.15, -0.1) is 0 Å². The van der Waals surface area contributed by atoms with Gasteiger partial charge in [0.05, 0.1) is 6.04 Å². The second kappa shape index (κ2) is 7.42. The molecule has 4 nitrogen and oxygen atoms in total. The molecule has 0 aliphatic heterocycles. The Kier molecular flexibility index (Phi) is 5.08. The van der Waals surface area contributed by atoms with Gasteiger partial charge in [0.2, 0.25) is 5.91 Å². The van der Waals surface area contributed by atoms with E-state index >= 15 is 0 Å². The number of aryl methyl sites for hydroxylation is 1. The Hall–Kier alpha value is -2.14. The van der Waals surface area contributed by atoms with Crippen LogP contribution in [0.2, 0.25) is 0 Å². The van der Waals surface area contributed by atoms with Crippen molar-refractivity contribution in [3.8, 4) is 0 Å². The van der Waals surface area contributed by atoms with E-state index in [4.69, 9.17) is 0 Å². The summed E-state index contributed by atoms with van der Waals surface area (Å²) in [5, 5.41) is 9.63. The van der Waals surface area contributed by atoms with Crippen LogP contribution in [0.1, 0.15) is 46.8 Å². The molecule has 0 bridgehead atoms. The van der Waals surface area contributed by atoms with Crippen molar-refractivity contribution in [3.05, 3.63) is 57.8 Å². The molecule has 1 atom stereocenters. The minimum absolute atomic E-state index is 0.0523. The summed E-state index contributed by atoms with van der Waals surface area (Å²) in [5.41, 5.74) is 3.26. The average Bonchev–Trinajstić information content (AvgIpc) is 3.22. The van der Waals surface area contributed by atoms with E-state index < -0.39 is 0 Å².